The molecule has 1 fully saturated rings. The van der Waals surface area contributed by atoms with Crippen LogP contribution >= 0.6 is 0 Å². The highest BCUT2D eigenvalue weighted by Gasteiger charge is 2.44. The average molecular weight is 256 g/mol. The van der Waals surface area contributed by atoms with Crippen molar-refractivity contribution in [2.45, 2.75) is 31.5 Å². The summed E-state index contributed by atoms with van der Waals surface area (Å²) in [7, 11) is 0. The molecular weight excluding hydrogens is 240 g/mol. The van der Waals surface area contributed by atoms with Crippen LogP contribution in [0, 0.1) is 12.8 Å². The Hall–Kier alpha value is -1.44. The summed E-state index contributed by atoms with van der Waals surface area (Å²) in [5.74, 6) is -1.40. The fourth-order valence-electron chi connectivity index (χ4n) is 2.51. The molecule has 1 heterocycles. The van der Waals surface area contributed by atoms with E-state index in [1.165, 1.54) is 6.92 Å². The average Bonchev–Trinajstić information content (AvgIpc) is 2.56. The minimum atomic E-state index is -1.20. The van der Waals surface area contributed by atoms with E-state index in [-0.39, 0.29) is 24.4 Å². The summed E-state index contributed by atoms with van der Waals surface area (Å²) < 4.78 is 0. The Morgan fingerprint density at radius 2 is 2.06 bits per heavy atom. The fraction of sp³-hybridized carbons (Fsp3) is 0.636. The Labute approximate surface area is 103 Å². The highest BCUT2D eigenvalue weighted by molar-refractivity contribution is 5.29. The van der Waals surface area contributed by atoms with Crippen LogP contribution in [0.25, 0.3) is 0 Å². The van der Waals surface area contributed by atoms with Gasteiger partial charge in [0.25, 0.3) is 5.56 Å². The molecule has 5 N–H and O–H groups in total. The minimum Gasteiger partial charge on any atom is -0.493 e. The summed E-state index contributed by atoms with van der Waals surface area (Å²) in [4.78, 5) is 18.0. The zero-order valence-electron chi connectivity index (χ0n) is 9.87. The van der Waals surface area contributed by atoms with Gasteiger partial charge in [-0.3, -0.25) is 4.79 Å². The van der Waals surface area contributed by atoms with Gasteiger partial charge in [-0.25, -0.2) is 4.98 Å². The monoisotopic (exact) mass is 256 g/mol. The zero-order valence-corrected chi connectivity index (χ0v) is 9.87. The topological polar surface area (TPSA) is 127 Å². The normalized spacial score (nSPS) is 31.8. The molecule has 2 rings (SSSR count). The van der Waals surface area contributed by atoms with Gasteiger partial charge in [0.2, 0.25) is 5.88 Å². The molecule has 1 aromatic rings. The van der Waals surface area contributed by atoms with Gasteiger partial charge in [-0.2, -0.15) is 0 Å². The number of nitrogens with one attached hydrogen (secondary N) is 1. The summed E-state index contributed by atoms with van der Waals surface area (Å²) >= 11 is 0. The van der Waals surface area contributed by atoms with Crippen LogP contribution in [-0.4, -0.2) is 49.2 Å². The van der Waals surface area contributed by atoms with Crippen molar-refractivity contribution < 1.29 is 20.4 Å². The van der Waals surface area contributed by atoms with Gasteiger partial charge in [0, 0.05) is 18.4 Å². The molecule has 0 aromatic carbocycles. The van der Waals surface area contributed by atoms with Gasteiger partial charge in [-0.05, 0) is 13.3 Å². The third-order valence-electron chi connectivity index (χ3n) is 3.46. The molecule has 18 heavy (non-hydrogen) atoms. The van der Waals surface area contributed by atoms with Crippen molar-refractivity contribution >= 4 is 0 Å². The number of aliphatic hydroxyl groups excluding tert-OH is 3. The summed E-state index contributed by atoms with van der Waals surface area (Å²) in [6.45, 7) is 1.24. The fourth-order valence-corrected chi connectivity index (χ4v) is 2.51. The van der Waals surface area contributed by atoms with Crippen molar-refractivity contribution in [3.8, 4) is 5.88 Å². The van der Waals surface area contributed by atoms with E-state index in [0.717, 1.165) is 0 Å². The van der Waals surface area contributed by atoms with Gasteiger partial charge in [-0.15, -0.1) is 0 Å². The molecule has 1 aliphatic rings. The van der Waals surface area contributed by atoms with Crippen molar-refractivity contribution in [2.75, 3.05) is 6.61 Å². The van der Waals surface area contributed by atoms with E-state index >= 15 is 0 Å². The van der Waals surface area contributed by atoms with E-state index in [2.05, 4.69) is 9.97 Å². The van der Waals surface area contributed by atoms with Crippen molar-refractivity contribution in [1.82, 2.24) is 9.97 Å². The number of H-pyrrole nitrogens is 1. The smallest absolute Gasteiger partial charge is 0.258 e. The van der Waals surface area contributed by atoms with E-state index in [1.54, 1.807) is 0 Å². The van der Waals surface area contributed by atoms with E-state index in [4.69, 9.17) is 5.11 Å². The Balaban J connectivity index is 2.42. The number of aryl methyl sites for hydroxylation is 1. The number of aliphatic hydroxyl groups is 3. The largest absolute Gasteiger partial charge is 0.493 e. The molecule has 4 atom stereocenters. The van der Waals surface area contributed by atoms with E-state index < -0.39 is 35.5 Å². The van der Waals surface area contributed by atoms with Crippen molar-refractivity contribution in [1.29, 1.82) is 0 Å². The molecule has 7 nitrogen and oxygen atoms in total. The van der Waals surface area contributed by atoms with E-state index in [1.807, 2.05) is 0 Å². The number of rotatable bonds is 2. The molecule has 0 radical (unpaired) electrons. The predicted octanol–water partition coefficient (Wildman–Crippen LogP) is -1.40. The second-order valence-corrected chi connectivity index (χ2v) is 4.65. The highest BCUT2D eigenvalue weighted by atomic mass is 16.3. The Bertz CT molecular complexity index is 501. The molecule has 0 bridgehead atoms. The lowest BCUT2D eigenvalue weighted by Gasteiger charge is -2.16. The summed E-state index contributed by atoms with van der Waals surface area (Å²) in [5.41, 5.74) is -0.571. The number of aromatic nitrogens is 2. The van der Waals surface area contributed by atoms with Crippen LogP contribution < -0.4 is 5.56 Å². The van der Waals surface area contributed by atoms with Crippen LogP contribution in [0.2, 0.25) is 0 Å². The molecule has 0 spiro atoms. The van der Waals surface area contributed by atoms with Crippen LogP contribution in [0.4, 0.5) is 0 Å². The van der Waals surface area contributed by atoms with Crippen LogP contribution in [0.3, 0.4) is 0 Å². The Morgan fingerprint density at radius 1 is 1.39 bits per heavy atom. The molecule has 100 valence electrons. The third-order valence-corrected chi connectivity index (χ3v) is 3.46. The maximum absolute atomic E-state index is 11.8. The predicted molar refractivity (Wildman–Crippen MR) is 61.2 cm³/mol. The van der Waals surface area contributed by atoms with Gasteiger partial charge < -0.3 is 25.4 Å². The summed E-state index contributed by atoms with van der Waals surface area (Å²) in [6, 6.07) is 0. The van der Waals surface area contributed by atoms with Crippen LogP contribution in [-0.2, 0) is 0 Å². The van der Waals surface area contributed by atoms with Crippen LogP contribution in [0.5, 0.6) is 5.88 Å². The maximum Gasteiger partial charge on any atom is 0.258 e. The van der Waals surface area contributed by atoms with Crippen LogP contribution in [0.1, 0.15) is 23.7 Å². The number of aromatic hydroxyl groups is 1. The molecule has 0 aliphatic heterocycles. The third kappa shape index (κ3) is 2.00. The van der Waals surface area contributed by atoms with E-state index in [0.29, 0.717) is 0 Å². The number of hydrogen-bond donors (Lipinski definition) is 5. The number of nitrogens with zero attached hydrogens (tertiary/aromatic N) is 1. The maximum atomic E-state index is 11.8. The van der Waals surface area contributed by atoms with Crippen molar-refractivity contribution in [3.63, 3.8) is 0 Å². The quantitative estimate of drug-likeness (QED) is 0.443. The molecule has 1 aromatic heterocycles. The Morgan fingerprint density at radius 3 is 2.56 bits per heavy atom. The molecular formula is C11H16N2O5. The lowest BCUT2D eigenvalue weighted by molar-refractivity contribution is 0.00202. The first-order chi connectivity index (χ1) is 8.45. The van der Waals surface area contributed by atoms with Crippen molar-refractivity contribution in [2.24, 2.45) is 5.92 Å². The first-order valence-corrected chi connectivity index (χ1v) is 5.72. The van der Waals surface area contributed by atoms with Gasteiger partial charge in [0.05, 0.1) is 17.8 Å². The van der Waals surface area contributed by atoms with Gasteiger partial charge in [0.1, 0.15) is 5.82 Å². The molecule has 0 saturated heterocycles. The first kappa shape index (κ1) is 13.0. The minimum absolute atomic E-state index is 0.0388. The molecule has 1 aliphatic carbocycles. The van der Waals surface area contributed by atoms with Gasteiger partial charge >= 0.3 is 0 Å². The molecule has 1 saturated carbocycles. The summed E-state index contributed by atoms with van der Waals surface area (Å²) in [6.07, 6.45) is -2.08. The lowest BCUT2D eigenvalue weighted by Crippen LogP contribution is -2.30. The second-order valence-electron chi connectivity index (χ2n) is 4.65. The lowest BCUT2D eigenvalue weighted by atomic mass is 9.96. The van der Waals surface area contributed by atoms with Gasteiger partial charge in [-0.1, -0.05) is 0 Å². The summed E-state index contributed by atoms with van der Waals surface area (Å²) in [5, 5.41) is 38.4. The number of aromatic amines is 1. The standard InChI is InChI=1S/C11H16N2O5/c1-4-12-10(17)7(11(18)13-4)6-2-5(3-14)8(15)9(6)16/h5-6,8-9,14-16H,2-3H2,1H3,(H2,12,13,17,18)/t5-,6+,8-,9+/m1/s1. The van der Waals surface area contributed by atoms with Gasteiger partial charge in [0.15, 0.2) is 0 Å². The van der Waals surface area contributed by atoms with E-state index in [9.17, 15) is 20.1 Å². The van der Waals surface area contributed by atoms with Crippen LogP contribution in [0.15, 0.2) is 4.79 Å². The molecule has 7 heteroatoms. The second kappa shape index (κ2) is 4.68. The SMILES string of the molecule is Cc1nc(O)c([C@@H]2C[C@H](CO)[C@@H](O)[C@H]2O)c(=O)[nH]1. The first-order valence-electron chi connectivity index (χ1n) is 5.72. The highest BCUT2D eigenvalue weighted by Crippen LogP contribution is 2.39. The molecule has 0 unspecified atom stereocenters. The molecule has 0 amide bonds. The van der Waals surface area contributed by atoms with Crippen molar-refractivity contribution in [3.05, 3.63) is 21.7 Å². The Kier molecular flexibility index (Phi) is 3.38. The zero-order chi connectivity index (χ0) is 13.4. The number of hydrogen-bond acceptors (Lipinski definition) is 6.